The first-order valence-electron chi connectivity index (χ1n) is 7.68. The number of nitrogens with one attached hydrogen (secondary N) is 1. The molecular weight excluding hydrogens is 276 g/mol. The van der Waals surface area contributed by atoms with Gasteiger partial charge in [-0.25, -0.2) is 4.98 Å². The highest BCUT2D eigenvalue weighted by molar-refractivity contribution is 5.49. The van der Waals surface area contributed by atoms with E-state index in [4.69, 9.17) is 0 Å². The maximum Gasteiger partial charge on any atom is 0.157 e. The third-order valence-electron chi connectivity index (χ3n) is 3.82. The highest BCUT2D eigenvalue weighted by atomic mass is 15.3. The summed E-state index contributed by atoms with van der Waals surface area (Å²) in [5.74, 6) is 0.972. The van der Waals surface area contributed by atoms with Crippen molar-refractivity contribution in [2.75, 3.05) is 11.9 Å². The average molecular weight is 298 g/mol. The maximum atomic E-state index is 4.56. The molecule has 0 saturated heterocycles. The molecule has 22 heavy (non-hydrogen) atoms. The van der Waals surface area contributed by atoms with Gasteiger partial charge in [0.05, 0.1) is 17.9 Å². The van der Waals surface area contributed by atoms with Gasteiger partial charge >= 0.3 is 0 Å². The van der Waals surface area contributed by atoms with Crippen molar-refractivity contribution >= 4 is 11.5 Å². The van der Waals surface area contributed by atoms with E-state index in [-0.39, 0.29) is 6.04 Å². The molecular formula is C16H22N6. The summed E-state index contributed by atoms with van der Waals surface area (Å²) in [6.45, 7) is 9.16. The van der Waals surface area contributed by atoms with E-state index in [0.717, 1.165) is 35.8 Å². The van der Waals surface area contributed by atoms with Crippen LogP contribution in [0.4, 0.5) is 5.82 Å². The Morgan fingerprint density at radius 1 is 1.27 bits per heavy atom. The first-order chi connectivity index (χ1) is 10.6. The molecule has 1 unspecified atom stereocenters. The lowest BCUT2D eigenvalue weighted by atomic mass is 10.3. The van der Waals surface area contributed by atoms with E-state index in [1.807, 2.05) is 17.5 Å². The second-order valence-electron chi connectivity index (χ2n) is 5.69. The lowest BCUT2D eigenvalue weighted by molar-refractivity contribution is 0.497. The third-order valence-corrected chi connectivity index (χ3v) is 3.82. The van der Waals surface area contributed by atoms with Gasteiger partial charge in [0, 0.05) is 30.1 Å². The van der Waals surface area contributed by atoms with Crippen LogP contribution in [0.2, 0.25) is 0 Å². The minimum atomic E-state index is 0.262. The number of aryl methyl sites for hydroxylation is 3. The molecule has 6 heteroatoms. The van der Waals surface area contributed by atoms with E-state index in [1.54, 1.807) is 6.20 Å². The molecule has 3 aromatic heterocycles. The van der Waals surface area contributed by atoms with Crippen molar-refractivity contribution in [3.8, 4) is 0 Å². The van der Waals surface area contributed by atoms with Crippen molar-refractivity contribution in [1.82, 2.24) is 24.4 Å². The summed E-state index contributed by atoms with van der Waals surface area (Å²) in [5, 5.41) is 12.4. The van der Waals surface area contributed by atoms with E-state index < -0.39 is 0 Å². The second-order valence-corrected chi connectivity index (χ2v) is 5.69. The van der Waals surface area contributed by atoms with Crippen molar-refractivity contribution in [2.24, 2.45) is 0 Å². The largest absolute Gasteiger partial charge is 0.368 e. The smallest absolute Gasteiger partial charge is 0.157 e. The summed E-state index contributed by atoms with van der Waals surface area (Å²) in [4.78, 5) is 4.56. The van der Waals surface area contributed by atoms with Crippen molar-refractivity contribution in [2.45, 2.75) is 40.2 Å². The Morgan fingerprint density at radius 2 is 2.09 bits per heavy atom. The van der Waals surface area contributed by atoms with Crippen molar-refractivity contribution in [1.29, 1.82) is 0 Å². The van der Waals surface area contributed by atoms with Crippen LogP contribution < -0.4 is 5.32 Å². The number of fused-ring (bicyclic) bond motifs is 1. The zero-order chi connectivity index (χ0) is 15.7. The molecule has 0 amide bonds. The van der Waals surface area contributed by atoms with Gasteiger partial charge in [-0.05, 0) is 33.3 Å². The van der Waals surface area contributed by atoms with Crippen LogP contribution in [-0.4, -0.2) is 30.9 Å². The first kappa shape index (κ1) is 14.6. The summed E-state index contributed by atoms with van der Waals surface area (Å²) >= 11 is 0. The van der Waals surface area contributed by atoms with Crippen LogP contribution in [0.1, 0.15) is 37.0 Å². The van der Waals surface area contributed by atoms with E-state index >= 15 is 0 Å². The number of nitrogens with zero attached hydrogens (tertiary/aromatic N) is 5. The zero-order valence-electron chi connectivity index (χ0n) is 13.5. The Hall–Kier alpha value is -2.37. The van der Waals surface area contributed by atoms with Crippen LogP contribution in [0.15, 0.2) is 24.4 Å². The molecule has 0 saturated carbocycles. The van der Waals surface area contributed by atoms with Gasteiger partial charge < -0.3 is 5.32 Å². The highest BCUT2D eigenvalue weighted by Gasteiger charge is 2.11. The van der Waals surface area contributed by atoms with E-state index in [9.17, 15) is 0 Å². The molecule has 0 aromatic carbocycles. The molecule has 0 spiro atoms. The molecule has 1 N–H and O–H groups in total. The normalized spacial score (nSPS) is 12.7. The van der Waals surface area contributed by atoms with Gasteiger partial charge in [-0.15, -0.1) is 0 Å². The van der Waals surface area contributed by atoms with Crippen LogP contribution in [0.3, 0.4) is 0 Å². The van der Waals surface area contributed by atoms with Crippen LogP contribution in [0.5, 0.6) is 0 Å². The van der Waals surface area contributed by atoms with E-state index in [0.29, 0.717) is 0 Å². The van der Waals surface area contributed by atoms with E-state index in [1.165, 1.54) is 5.69 Å². The fourth-order valence-electron chi connectivity index (χ4n) is 2.70. The van der Waals surface area contributed by atoms with Crippen LogP contribution in [0, 0.1) is 13.8 Å². The highest BCUT2D eigenvalue weighted by Crippen LogP contribution is 2.15. The average Bonchev–Trinajstić information content (AvgIpc) is 3.10. The van der Waals surface area contributed by atoms with Gasteiger partial charge in [-0.3, -0.25) is 4.68 Å². The zero-order valence-corrected chi connectivity index (χ0v) is 13.5. The summed E-state index contributed by atoms with van der Waals surface area (Å²) in [6.07, 6.45) is 2.68. The molecule has 0 aliphatic rings. The molecule has 6 nitrogen and oxygen atoms in total. The molecule has 0 radical (unpaired) electrons. The molecule has 0 aliphatic heterocycles. The molecule has 0 aliphatic carbocycles. The predicted molar refractivity (Wildman–Crippen MR) is 87.3 cm³/mol. The standard InChI is InChI=1S/C16H22N6/c1-5-14-9-16(22-15(19-14)6-7-18-22)17-10-13(4)21-12(3)8-11(2)20-21/h6-9,13,17H,5,10H2,1-4H3. The van der Waals surface area contributed by atoms with Crippen LogP contribution >= 0.6 is 0 Å². The second kappa shape index (κ2) is 5.79. The fraction of sp³-hybridized carbons (Fsp3) is 0.438. The number of aromatic nitrogens is 5. The number of anilines is 1. The number of hydrogen-bond acceptors (Lipinski definition) is 4. The molecule has 1 atom stereocenters. The Morgan fingerprint density at radius 3 is 2.77 bits per heavy atom. The predicted octanol–water partition coefficient (Wildman–Crippen LogP) is 2.78. The lowest BCUT2D eigenvalue weighted by Crippen LogP contribution is -2.20. The van der Waals surface area contributed by atoms with E-state index in [2.05, 4.69) is 58.1 Å². The molecule has 3 aromatic rings. The topological polar surface area (TPSA) is 60.0 Å². The Labute approximate surface area is 130 Å². The monoisotopic (exact) mass is 298 g/mol. The minimum Gasteiger partial charge on any atom is -0.368 e. The van der Waals surface area contributed by atoms with Crippen molar-refractivity contribution in [3.63, 3.8) is 0 Å². The SMILES string of the molecule is CCc1cc(NCC(C)n2nc(C)cc2C)n2nccc2n1. The molecule has 116 valence electrons. The lowest BCUT2D eigenvalue weighted by Gasteiger charge is -2.17. The summed E-state index contributed by atoms with van der Waals surface area (Å²) in [6, 6.07) is 6.35. The van der Waals surface area contributed by atoms with Gasteiger partial charge in [0.25, 0.3) is 0 Å². The maximum absolute atomic E-state index is 4.56. The van der Waals surface area contributed by atoms with Crippen LogP contribution in [-0.2, 0) is 6.42 Å². The molecule has 0 bridgehead atoms. The van der Waals surface area contributed by atoms with Crippen LogP contribution in [0.25, 0.3) is 5.65 Å². The molecule has 3 rings (SSSR count). The van der Waals surface area contributed by atoms with Crippen molar-refractivity contribution in [3.05, 3.63) is 41.5 Å². The summed E-state index contributed by atoms with van der Waals surface area (Å²) in [5.41, 5.74) is 4.17. The fourth-order valence-corrected chi connectivity index (χ4v) is 2.70. The third kappa shape index (κ3) is 2.68. The van der Waals surface area contributed by atoms with Gasteiger partial charge in [0.2, 0.25) is 0 Å². The first-order valence-corrected chi connectivity index (χ1v) is 7.68. The number of hydrogen-bond donors (Lipinski definition) is 1. The summed E-state index contributed by atoms with van der Waals surface area (Å²) < 4.78 is 3.90. The summed E-state index contributed by atoms with van der Waals surface area (Å²) in [7, 11) is 0. The van der Waals surface area contributed by atoms with Gasteiger partial charge in [0.1, 0.15) is 5.82 Å². The van der Waals surface area contributed by atoms with Gasteiger partial charge in [-0.1, -0.05) is 6.92 Å². The Balaban J connectivity index is 1.81. The molecule has 0 fully saturated rings. The molecule has 3 heterocycles. The minimum absolute atomic E-state index is 0.262. The number of rotatable bonds is 5. The van der Waals surface area contributed by atoms with Gasteiger partial charge in [0.15, 0.2) is 5.65 Å². The Kier molecular flexibility index (Phi) is 3.83. The van der Waals surface area contributed by atoms with Crippen molar-refractivity contribution < 1.29 is 0 Å². The quantitative estimate of drug-likeness (QED) is 0.787. The Bertz CT molecular complexity index is 785. The van der Waals surface area contributed by atoms with Gasteiger partial charge in [-0.2, -0.15) is 14.7 Å².